The van der Waals surface area contributed by atoms with Crippen LogP contribution in [0.5, 0.6) is 0 Å². The van der Waals surface area contributed by atoms with Crippen LogP contribution in [0.1, 0.15) is 81.6 Å². The van der Waals surface area contributed by atoms with Gasteiger partial charge in [0.2, 0.25) is 5.95 Å². The van der Waals surface area contributed by atoms with E-state index in [-0.39, 0.29) is 49.7 Å². The number of methoxy groups -OCH3 is 1. The maximum absolute atomic E-state index is 16.9. The first-order valence-corrected chi connectivity index (χ1v) is 20.7. The number of esters is 1. The summed E-state index contributed by atoms with van der Waals surface area (Å²) in [6, 6.07) is -0.694. The molecule has 2 aromatic heterocycles. The van der Waals surface area contributed by atoms with Crippen molar-refractivity contribution in [3.8, 4) is 23.2 Å². The average molecular weight is 880 g/mol. The zero-order valence-corrected chi connectivity index (χ0v) is 37.5. The number of carbonyl (C=O) groups is 4. The van der Waals surface area contributed by atoms with Crippen LogP contribution in [0.2, 0.25) is 0 Å². The standard InChI is InChI=1S/C42H60F3N7O10/c1-13-28(50(10)11)32(54)36(59-15-3)61-35-25(6)34(55)41(8,45)37(56)60-29(14-2)42(9)33(24(5)31(53)23(4)21-40(35,7)58-12)52(39(57)62-42)19-17-16-18-51-22-27(48-49-51)26-20-30(43)47-38(44)46-26/h20,22-25,28-29,32-33,35-36,54H,13-15,18-19,21H2,1-12H3/t23-,24+,25+,28?,29-,32?,33-,35-,36+,40-,41+,42-/m1/s1. The van der Waals surface area contributed by atoms with Gasteiger partial charge in [0.05, 0.1) is 30.5 Å². The number of cyclic esters (lactones) is 1. The monoisotopic (exact) mass is 879 g/mol. The molecule has 2 fully saturated rings. The van der Waals surface area contributed by atoms with Crippen molar-refractivity contribution < 1.29 is 61.1 Å². The van der Waals surface area contributed by atoms with Crippen molar-refractivity contribution in [3.05, 3.63) is 24.3 Å². The second kappa shape index (κ2) is 20.3. The Hall–Kier alpha value is -4.55. The van der Waals surface area contributed by atoms with Gasteiger partial charge < -0.3 is 33.7 Å². The van der Waals surface area contributed by atoms with E-state index in [1.165, 1.54) is 36.7 Å². The molecule has 62 heavy (non-hydrogen) atoms. The molecule has 0 aromatic carbocycles. The molecule has 0 spiro atoms. The Bertz CT molecular complexity index is 1970. The van der Waals surface area contributed by atoms with E-state index < -0.39 is 101 Å². The van der Waals surface area contributed by atoms with Gasteiger partial charge in [-0.2, -0.15) is 13.8 Å². The molecule has 0 saturated carbocycles. The lowest BCUT2D eigenvalue weighted by Crippen LogP contribution is -2.61. The fourth-order valence-corrected chi connectivity index (χ4v) is 8.76. The Balaban J connectivity index is 1.74. The number of likely N-dealkylation sites (N-methyl/N-ethyl adjacent to an activating group) is 1. The van der Waals surface area contributed by atoms with E-state index in [1.807, 2.05) is 6.92 Å². The zero-order valence-electron chi connectivity index (χ0n) is 37.5. The van der Waals surface area contributed by atoms with Crippen molar-refractivity contribution in [2.75, 3.05) is 34.4 Å². The molecule has 1 N–H and O–H groups in total. The van der Waals surface area contributed by atoms with Crippen LogP contribution in [-0.4, -0.2) is 151 Å². The van der Waals surface area contributed by atoms with E-state index in [9.17, 15) is 33.1 Å². The minimum atomic E-state index is -3.26. The van der Waals surface area contributed by atoms with Crippen molar-refractivity contribution in [2.24, 2.45) is 17.8 Å². The minimum Gasteiger partial charge on any atom is -0.455 e. The highest BCUT2D eigenvalue weighted by atomic mass is 19.1. The van der Waals surface area contributed by atoms with Crippen molar-refractivity contribution in [2.45, 2.75) is 142 Å². The van der Waals surface area contributed by atoms with Gasteiger partial charge in [0, 0.05) is 43.6 Å². The first-order chi connectivity index (χ1) is 29.0. The van der Waals surface area contributed by atoms with Crippen LogP contribution in [0.25, 0.3) is 11.4 Å². The molecule has 17 nitrogen and oxygen atoms in total. The molecule has 12 atom stereocenters. The van der Waals surface area contributed by atoms with E-state index in [0.29, 0.717) is 6.42 Å². The van der Waals surface area contributed by atoms with Gasteiger partial charge in [-0.05, 0) is 61.1 Å². The Morgan fingerprint density at radius 2 is 1.68 bits per heavy atom. The number of hydrogen-bond donors (Lipinski definition) is 1. The summed E-state index contributed by atoms with van der Waals surface area (Å²) in [4.78, 5) is 66.1. The molecule has 2 aliphatic heterocycles. The lowest BCUT2D eigenvalue weighted by Gasteiger charge is -2.45. The fraction of sp³-hybridized carbons (Fsp3) is 0.714. The molecule has 1 amide bonds. The van der Waals surface area contributed by atoms with E-state index in [2.05, 4.69) is 32.1 Å². The number of aliphatic hydroxyl groups excluding tert-OH is 1. The molecule has 20 heteroatoms. The van der Waals surface area contributed by atoms with Crippen molar-refractivity contribution in [3.63, 3.8) is 0 Å². The number of halogens is 3. The second-order valence-corrected chi connectivity index (χ2v) is 16.7. The number of ketones is 2. The van der Waals surface area contributed by atoms with Gasteiger partial charge in [0.25, 0.3) is 5.67 Å². The third-order valence-electron chi connectivity index (χ3n) is 12.1. The summed E-state index contributed by atoms with van der Waals surface area (Å²) in [7, 11) is 4.91. The Morgan fingerprint density at radius 3 is 2.26 bits per heavy atom. The molecule has 0 aliphatic carbocycles. The molecule has 0 radical (unpaired) electrons. The summed E-state index contributed by atoms with van der Waals surface area (Å²) < 4.78 is 75.6. The largest absolute Gasteiger partial charge is 0.455 e. The fourth-order valence-electron chi connectivity index (χ4n) is 8.76. The molecule has 2 saturated heterocycles. The lowest BCUT2D eigenvalue weighted by molar-refractivity contribution is -0.266. The molecule has 344 valence electrons. The Kier molecular flexibility index (Phi) is 16.4. The third-order valence-corrected chi connectivity index (χ3v) is 12.1. The average Bonchev–Trinajstić information content (AvgIpc) is 3.79. The summed E-state index contributed by atoms with van der Waals surface area (Å²) in [5.74, 6) is -1.76. The van der Waals surface area contributed by atoms with Crippen molar-refractivity contribution in [1.82, 2.24) is 34.8 Å². The summed E-state index contributed by atoms with van der Waals surface area (Å²) >= 11 is 0. The second-order valence-electron chi connectivity index (χ2n) is 16.7. The van der Waals surface area contributed by atoms with Gasteiger partial charge in [0.15, 0.2) is 17.7 Å². The highest BCUT2D eigenvalue weighted by Crippen LogP contribution is 2.43. The first-order valence-electron chi connectivity index (χ1n) is 20.7. The predicted molar refractivity (Wildman–Crippen MR) is 215 cm³/mol. The number of aromatic nitrogens is 5. The summed E-state index contributed by atoms with van der Waals surface area (Å²) in [6.45, 7) is 13.4. The summed E-state index contributed by atoms with van der Waals surface area (Å²) in [6.07, 6.45) is -5.74. The van der Waals surface area contributed by atoms with Gasteiger partial charge in [0.1, 0.15) is 35.9 Å². The minimum absolute atomic E-state index is 0.0114. The number of fused-ring (bicyclic) bond motifs is 1. The van der Waals surface area contributed by atoms with Crippen LogP contribution in [0.4, 0.5) is 18.0 Å². The number of carbonyl (C=O) groups excluding carboxylic acids is 4. The van der Waals surface area contributed by atoms with Crippen molar-refractivity contribution in [1.29, 1.82) is 0 Å². The van der Waals surface area contributed by atoms with Crippen LogP contribution < -0.4 is 0 Å². The van der Waals surface area contributed by atoms with E-state index >= 15 is 4.39 Å². The van der Waals surface area contributed by atoms with E-state index in [1.54, 1.807) is 53.6 Å². The molecule has 4 heterocycles. The number of nitrogens with zero attached hydrogens (tertiary/aromatic N) is 7. The molecule has 2 aromatic rings. The van der Waals surface area contributed by atoms with E-state index in [4.69, 9.17) is 23.7 Å². The molecule has 2 aliphatic rings. The number of ether oxygens (including phenoxy) is 5. The predicted octanol–water partition coefficient (Wildman–Crippen LogP) is 3.95. The molecule has 2 unspecified atom stereocenters. The number of hydrogen-bond acceptors (Lipinski definition) is 15. The maximum Gasteiger partial charge on any atom is 0.411 e. The highest BCUT2D eigenvalue weighted by Gasteiger charge is 2.61. The van der Waals surface area contributed by atoms with Crippen LogP contribution >= 0.6 is 0 Å². The quantitative estimate of drug-likeness (QED) is 0.0758. The van der Waals surface area contributed by atoms with Crippen LogP contribution in [-0.2, 0) is 44.6 Å². The lowest BCUT2D eigenvalue weighted by atomic mass is 9.73. The molecule has 4 rings (SSSR count). The number of rotatable bonds is 13. The number of aliphatic hydroxyl groups is 1. The number of amides is 1. The third kappa shape index (κ3) is 10.4. The smallest absolute Gasteiger partial charge is 0.411 e. The Labute approximate surface area is 360 Å². The van der Waals surface area contributed by atoms with Crippen LogP contribution in [0.15, 0.2) is 12.3 Å². The highest BCUT2D eigenvalue weighted by molar-refractivity contribution is 6.08. The summed E-state index contributed by atoms with van der Waals surface area (Å²) in [5.41, 5.74) is -6.62. The van der Waals surface area contributed by atoms with Crippen LogP contribution in [0.3, 0.4) is 0 Å². The van der Waals surface area contributed by atoms with Gasteiger partial charge >= 0.3 is 18.1 Å². The number of Topliss-reactive ketones (excluding diaryl/α,β-unsaturated/α-hetero) is 2. The SMILES string of the molecule is CCO[C@@H](O[C@@H]1[C@@H](C)C(=O)[C@](C)(F)C(=O)O[C@H](CC)[C@@]2(C)OC(=O)N(CC#CCn3cc(-c4cc(F)nc(F)n4)nn3)[C@@H]2[C@@H](C)C(=O)[C@H](C)C[C@@]1(C)OC)C(O)C(CC)N(C)C. The van der Waals surface area contributed by atoms with E-state index in [0.717, 1.165) is 13.0 Å². The first kappa shape index (κ1) is 50.1. The van der Waals surface area contributed by atoms with Gasteiger partial charge in [-0.25, -0.2) is 23.6 Å². The van der Waals surface area contributed by atoms with Gasteiger partial charge in [-0.1, -0.05) is 51.7 Å². The molecular weight excluding hydrogens is 819 g/mol. The summed E-state index contributed by atoms with van der Waals surface area (Å²) in [5, 5.41) is 19.3. The maximum atomic E-state index is 16.9. The molecular formula is C42H60F3N7O10. The zero-order chi connectivity index (χ0) is 46.5. The van der Waals surface area contributed by atoms with Crippen LogP contribution in [0, 0.1) is 41.6 Å². The van der Waals surface area contributed by atoms with Crippen molar-refractivity contribution >= 4 is 23.6 Å². The Morgan fingerprint density at radius 1 is 1.02 bits per heavy atom. The topological polar surface area (TPSA) is 198 Å². The van der Waals surface area contributed by atoms with Gasteiger partial charge in [-0.15, -0.1) is 5.10 Å². The van der Waals surface area contributed by atoms with Gasteiger partial charge in [-0.3, -0.25) is 14.5 Å². The number of alkyl halides is 1. The normalized spacial score (nSPS) is 31.4. The molecule has 0 bridgehead atoms.